The Kier molecular flexibility index (Phi) is 3.96. The summed E-state index contributed by atoms with van der Waals surface area (Å²) in [7, 11) is 0. The molecule has 0 aliphatic carbocycles. The fraction of sp³-hybridized carbons (Fsp3) is 0.0667. The molecule has 0 aliphatic heterocycles. The highest BCUT2D eigenvalue weighted by Gasteiger charge is 2.12. The summed E-state index contributed by atoms with van der Waals surface area (Å²) in [6, 6.07) is 7.70. The largest absolute Gasteiger partial charge is 0.507 e. The van der Waals surface area contributed by atoms with Crippen LogP contribution in [0.2, 0.25) is 0 Å². The maximum Gasteiger partial charge on any atom is 0.244 e. The number of carbonyl (C=O) groups excluding carboxylic acids is 1. The average molecular weight is 314 g/mol. The number of aliphatic hydroxyl groups excluding tert-OH is 1. The molecule has 0 bridgehead atoms. The van der Waals surface area contributed by atoms with Gasteiger partial charge in [0.2, 0.25) is 11.6 Å². The highest BCUT2D eigenvalue weighted by atomic mass is 19.1. The lowest BCUT2D eigenvalue weighted by molar-refractivity contribution is 0.103. The third kappa shape index (κ3) is 3.49. The van der Waals surface area contributed by atoms with E-state index in [1.165, 1.54) is 18.4 Å². The van der Waals surface area contributed by atoms with Gasteiger partial charge in [-0.1, -0.05) is 12.1 Å². The minimum atomic E-state index is -0.593. The molecule has 2 heterocycles. The van der Waals surface area contributed by atoms with Crippen molar-refractivity contribution < 1.29 is 18.7 Å². The Hall–Kier alpha value is -3.29. The number of nitrogens with zero attached hydrogens (tertiary/aromatic N) is 3. The normalized spacial score (nSPS) is 11.6. The van der Waals surface area contributed by atoms with Crippen LogP contribution in [0.5, 0.6) is 0 Å². The number of halogens is 1. The molecule has 8 heteroatoms. The first-order valence-electron chi connectivity index (χ1n) is 6.62. The second-order valence-electron chi connectivity index (χ2n) is 4.74. The van der Waals surface area contributed by atoms with Crippen LogP contribution in [0.3, 0.4) is 0 Å². The lowest BCUT2D eigenvalue weighted by atomic mass is 10.1. The van der Waals surface area contributed by atoms with Gasteiger partial charge in [-0.15, -0.1) is 10.2 Å². The topological polar surface area (TPSA) is 105 Å². The molecule has 23 heavy (non-hydrogen) atoms. The Balaban J connectivity index is 1.75. The third-order valence-corrected chi connectivity index (χ3v) is 3.05. The standard InChI is InChI=1S/C15H11FN4O3/c16-11-3-1-2-9(4-11)5-12-6-10(8-23-12)13(21)7-14(22)15-17-19-20-18-15/h1-4,6-8,21H,5H2,(H,17,18,19,20). The maximum absolute atomic E-state index is 13.1. The number of nitrogens with one attached hydrogen (secondary N) is 1. The molecule has 0 spiro atoms. The van der Waals surface area contributed by atoms with Crippen molar-refractivity contribution >= 4 is 11.5 Å². The van der Waals surface area contributed by atoms with Crippen LogP contribution in [0.25, 0.3) is 5.76 Å². The molecule has 116 valence electrons. The Morgan fingerprint density at radius 1 is 1.39 bits per heavy atom. The summed E-state index contributed by atoms with van der Waals surface area (Å²) in [4.78, 5) is 11.7. The first kappa shape index (κ1) is 14.6. The van der Waals surface area contributed by atoms with Crippen LogP contribution in [-0.4, -0.2) is 31.5 Å². The number of ketones is 1. The quantitative estimate of drug-likeness (QED) is 0.425. The van der Waals surface area contributed by atoms with Crippen molar-refractivity contribution in [3.63, 3.8) is 0 Å². The van der Waals surface area contributed by atoms with Crippen LogP contribution < -0.4 is 0 Å². The molecule has 1 aromatic carbocycles. The number of carbonyl (C=O) groups is 1. The molecule has 0 unspecified atom stereocenters. The number of furan rings is 1. The minimum absolute atomic E-state index is 0.153. The van der Waals surface area contributed by atoms with Crippen molar-refractivity contribution in [2.75, 3.05) is 0 Å². The summed E-state index contributed by atoms with van der Waals surface area (Å²) in [6.45, 7) is 0. The molecule has 0 saturated carbocycles. The van der Waals surface area contributed by atoms with Gasteiger partial charge in [-0.3, -0.25) is 4.79 Å². The number of aromatic nitrogens is 4. The second-order valence-corrected chi connectivity index (χ2v) is 4.74. The molecule has 7 nitrogen and oxygen atoms in total. The molecule has 3 aromatic rings. The smallest absolute Gasteiger partial charge is 0.244 e. The summed E-state index contributed by atoms with van der Waals surface area (Å²) < 4.78 is 18.5. The first-order valence-corrected chi connectivity index (χ1v) is 6.62. The van der Waals surface area contributed by atoms with Crippen molar-refractivity contribution in [3.05, 3.63) is 71.2 Å². The van der Waals surface area contributed by atoms with E-state index in [0.717, 1.165) is 11.6 Å². The van der Waals surface area contributed by atoms with Gasteiger partial charge in [-0.2, -0.15) is 5.21 Å². The molecule has 0 radical (unpaired) electrons. The van der Waals surface area contributed by atoms with Gasteiger partial charge >= 0.3 is 0 Å². The molecule has 2 N–H and O–H groups in total. The van der Waals surface area contributed by atoms with Crippen molar-refractivity contribution in [2.45, 2.75) is 6.42 Å². The van der Waals surface area contributed by atoms with E-state index in [4.69, 9.17) is 4.42 Å². The van der Waals surface area contributed by atoms with Crippen molar-refractivity contribution in [1.29, 1.82) is 0 Å². The van der Waals surface area contributed by atoms with E-state index < -0.39 is 5.78 Å². The molecule has 0 fully saturated rings. The van der Waals surface area contributed by atoms with Crippen molar-refractivity contribution in [2.24, 2.45) is 0 Å². The lowest BCUT2D eigenvalue weighted by Gasteiger charge is -1.97. The molecular formula is C15H11FN4O3. The van der Waals surface area contributed by atoms with Crippen LogP contribution in [0.1, 0.15) is 27.5 Å². The zero-order valence-electron chi connectivity index (χ0n) is 11.7. The highest BCUT2D eigenvalue weighted by molar-refractivity contribution is 6.05. The van der Waals surface area contributed by atoms with Gasteiger partial charge in [0.25, 0.3) is 0 Å². The maximum atomic E-state index is 13.1. The van der Waals surface area contributed by atoms with E-state index in [0.29, 0.717) is 17.7 Å². The molecule has 2 aromatic heterocycles. The van der Waals surface area contributed by atoms with Gasteiger partial charge in [-0.25, -0.2) is 4.39 Å². The Morgan fingerprint density at radius 3 is 3.00 bits per heavy atom. The number of hydrogen-bond acceptors (Lipinski definition) is 6. The van der Waals surface area contributed by atoms with Crippen LogP contribution >= 0.6 is 0 Å². The number of tetrazole rings is 1. The second kappa shape index (κ2) is 6.22. The van der Waals surface area contributed by atoms with Gasteiger partial charge < -0.3 is 9.52 Å². The fourth-order valence-electron chi connectivity index (χ4n) is 1.99. The molecule has 3 rings (SSSR count). The number of H-pyrrole nitrogens is 1. The first-order chi connectivity index (χ1) is 11.1. The van der Waals surface area contributed by atoms with Gasteiger partial charge in [-0.05, 0) is 29.0 Å². The summed E-state index contributed by atoms with van der Waals surface area (Å²) in [6.07, 6.45) is 2.65. The summed E-state index contributed by atoms with van der Waals surface area (Å²) in [5.41, 5.74) is 1.06. The lowest BCUT2D eigenvalue weighted by Crippen LogP contribution is -1.99. The number of aromatic amines is 1. The van der Waals surface area contributed by atoms with E-state index in [2.05, 4.69) is 20.6 Å². The molecule has 0 atom stereocenters. The van der Waals surface area contributed by atoms with Crippen molar-refractivity contribution in [3.8, 4) is 0 Å². The van der Waals surface area contributed by atoms with E-state index in [1.54, 1.807) is 18.2 Å². The Morgan fingerprint density at radius 2 is 2.26 bits per heavy atom. The van der Waals surface area contributed by atoms with E-state index in [1.807, 2.05) is 0 Å². The summed E-state index contributed by atoms with van der Waals surface area (Å²) in [5.74, 6) is -0.835. The van der Waals surface area contributed by atoms with Crippen LogP contribution in [0.15, 0.2) is 47.1 Å². The van der Waals surface area contributed by atoms with Gasteiger partial charge in [0.1, 0.15) is 23.6 Å². The number of hydrogen-bond donors (Lipinski definition) is 2. The predicted molar refractivity (Wildman–Crippen MR) is 77.0 cm³/mol. The third-order valence-electron chi connectivity index (χ3n) is 3.05. The zero-order chi connectivity index (χ0) is 16.2. The minimum Gasteiger partial charge on any atom is -0.507 e. The van der Waals surface area contributed by atoms with E-state index in [-0.39, 0.29) is 17.4 Å². The van der Waals surface area contributed by atoms with Gasteiger partial charge in [0.05, 0.1) is 5.56 Å². The monoisotopic (exact) mass is 314 g/mol. The number of rotatable bonds is 5. The van der Waals surface area contributed by atoms with E-state index in [9.17, 15) is 14.3 Å². The fourth-order valence-corrected chi connectivity index (χ4v) is 1.99. The SMILES string of the molecule is O=C(C=C(O)c1coc(Cc2cccc(F)c2)c1)c1nn[nH]n1. The van der Waals surface area contributed by atoms with Gasteiger partial charge in [0, 0.05) is 12.5 Å². The van der Waals surface area contributed by atoms with E-state index >= 15 is 0 Å². The Labute approximate surface area is 129 Å². The Bertz CT molecular complexity index is 855. The average Bonchev–Trinajstić information content (AvgIpc) is 3.18. The number of allylic oxidation sites excluding steroid dienone is 1. The molecule has 0 aliphatic rings. The summed E-state index contributed by atoms with van der Waals surface area (Å²) in [5, 5.41) is 22.4. The molecular weight excluding hydrogens is 303 g/mol. The highest BCUT2D eigenvalue weighted by Crippen LogP contribution is 2.19. The zero-order valence-corrected chi connectivity index (χ0v) is 11.7. The number of benzene rings is 1. The van der Waals surface area contributed by atoms with Gasteiger partial charge in [0.15, 0.2) is 0 Å². The number of aliphatic hydroxyl groups is 1. The van der Waals surface area contributed by atoms with Crippen LogP contribution in [0.4, 0.5) is 4.39 Å². The van der Waals surface area contributed by atoms with Crippen molar-refractivity contribution in [1.82, 2.24) is 20.6 Å². The van der Waals surface area contributed by atoms with Crippen LogP contribution in [0, 0.1) is 5.82 Å². The molecule has 0 amide bonds. The molecule has 0 saturated heterocycles. The van der Waals surface area contributed by atoms with Crippen LogP contribution in [-0.2, 0) is 6.42 Å². The predicted octanol–water partition coefficient (Wildman–Crippen LogP) is 2.30. The summed E-state index contributed by atoms with van der Waals surface area (Å²) >= 11 is 0.